The van der Waals surface area contributed by atoms with Crippen LogP contribution in [0.4, 0.5) is 5.13 Å². The van der Waals surface area contributed by atoms with E-state index in [0.717, 1.165) is 37.7 Å². The summed E-state index contributed by atoms with van der Waals surface area (Å²) in [7, 11) is 0. The highest BCUT2D eigenvalue weighted by Gasteiger charge is 2.32. The molecule has 3 rings (SSSR count). The maximum atomic E-state index is 9.30. The van der Waals surface area contributed by atoms with Crippen molar-refractivity contribution in [2.75, 3.05) is 31.1 Å². The van der Waals surface area contributed by atoms with Gasteiger partial charge in [0.15, 0.2) is 5.13 Å². The van der Waals surface area contributed by atoms with E-state index in [0.29, 0.717) is 6.04 Å². The molecule has 2 aliphatic rings. The number of thiazole rings is 1. The summed E-state index contributed by atoms with van der Waals surface area (Å²) in [6.45, 7) is 4.23. The molecule has 1 aromatic rings. The van der Waals surface area contributed by atoms with Crippen molar-refractivity contribution in [2.45, 2.75) is 31.7 Å². The molecule has 1 saturated heterocycles. The highest BCUT2D eigenvalue weighted by molar-refractivity contribution is 7.13. The number of piperazine rings is 1. The van der Waals surface area contributed by atoms with Gasteiger partial charge in [-0.2, -0.15) is 5.26 Å². The van der Waals surface area contributed by atoms with Crippen molar-refractivity contribution in [2.24, 2.45) is 5.92 Å². The summed E-state index contributed by atoms with van der Waals surface area (Å²) in [5.74, 6) is 0.250. The van der Waals surface area contributed by atoms with Gasteiger partial charge in [-0.1, -0.05) is 12.8 Å². The molecule has 1 saturated carbocycles. The second kappa shape index (κ2) is 5.89. The lowest BCUT2D eigenvalue weighted by atomic mass is 9.84. The van der Waals surface area contributed by atoms with E-state index in [2.05, 4.69) is 20.9 Å². The SMILES string of the molecule is N#CC1CCCCC1N1CCN(c2nccs2)CC1. The van der Waals surface area contributed by atoms with Crippen LogP contribution in [0.25, 0.3) is 0 Å². The fraction of sp³-hybridized carbons (Fsp3) is 0.714. The van der Waals surface area contributed by atoms with Crippen LogP contribution < -0.4 is 4.90 Å². The second-order valence-corrected chi connectivity index (χ2v) is 6.30. The zero-order chi connectivity index (χ0) is 13.1. The van der Waals surface area contributed by atoms with E-state index in [1.54, 1.807) is 11.3 Å². The van der Waals surface area contributed by atoms with E-state index in [4.69, 9.17) is 0 Å². The summed E-state index contributed by atoms with van der Waals surface area (Å²) in [6.07, 6.45) is 6.69. The molecule has 2 atom stereocenters. The molecule has 2 heterocycles. The quantitative estimate of drug-likeness (QED) is 0.831. The fourth-order valence-corrected chi connectivity index (χ4v) is 4.01. The lowest BCUT2D eigenvalue weighted by molar-refractivity contribution is 0.120. The summed E-state index contributed by atoms with van der Waals surface area (Å²) in [6, 6.07) is 3.02. The predicted molar refractivity (Wildman–Crippen MR) is 77.3 cm³/mol. The zero-order valence-electron chi connectivity index (χ0n) is 11.2. The van der Waals surface area contributed by atoms with Crippen LogP contribution in [0.15, 0.2) is 11.6 Å². The van der Waals surface area contributed by atoms with Gasteiger partial charge in [-0.25, -0.2) is 4.98 Å². The van der Waals surface area contributed by atoms with Crippen LogP contribution >= 0.6 is 11.3 Å². The molecule has 1 aromatic heterocycles. The number of anilines is 1. The molecular weight excluding hydrogens is 256 g/mol. The molecule has 0 amide bonds. The Kier molecular flexibility index (Phi) is 4.00. The molecule has 4 nitrogen and oxygen atoms in total. The Morgan fingerprint density at radius 1 is 1.21 bits per heavy atom. The number of aromatic nitrogens is 1. The van der Waals surface area contributed by atoms with Crippen molar-refractivity contribution in [3.8, 4) is 6.07 Å². The van der Waals surface area contributed by atoms with Crippen molar-refractivity contribution in [3.63, 3.8) is 0 Å². The minimum atomic E-state index is 0.250. The zero-order valence-corrected chi connectivity index (χ0v) is 12.0. The molecule has 2 fully saturated rings. The molecule has 5 heteroatoms. The first-order valence-corrected chi connectivity index (χ1v) is 8.04. The van der Waals surface area contributed by atoms with Crippen molar-refractivity contribution < 1.29 is 0 Å². The van der Waals surface area contributed by atoms with Gasteiger partial charge in [0, 0.05) is 43.8 Å². The third-order valence-electron chi connectivity index (χ3n) is 4.37. The number of nitrogens with zero attached hydrogens (tertiary/aromatic N) is 4. The average Bonchev–Trinajstić information content (AvgIpc) is 3.02. The lowest BCUT2D eigenvalue weighted by Gasteiger charge is -2.42. The van der Waals surface area contributed by atoms with Crippen molar-refractivity contribution >= 4 is 16.5 Å². The van der Waals surface area contributed by atoms with E-state index < -0.39 is 0 Å². The van der Waals surface area contributed by atoms with Crippen LogP contribution in [0.1, 0.15) is 25.7 Å². The van der Waals surface area contributed by atoms with Gasteiger partial charge < -0.3 is 4.90 Å². The molecule has 0 bridgehead atoms. The Bertz CT molecular complexity index is 431. The first-order chi connectivity index (χ1) is 9.38. The third-order valence-corrected chi connectivity index (χ3v) is 5.20. The summed E-state index contributed by atoms with van der Waals surface area (Å²) in [5.41, 5.74) is 0. The van der Waals surface area contributed by atoms with Gasteiger partial charge in [0.2, 0.25) is 0 Å². The van der Waals surface area contributed by atoms with E-state index in [-0.39, 0.29) is 5.92 Å². The number of hydrogen-bond donors (Lipinski definition) is 0. The van der Waals surface area contributed by atoms with E-state index in [1.165, 1.54) is 19.3 Å². The Morgan fingerprint density at radius 3 is 2.68 bits per heavy atom. The van der Waals surface area contributed by atoms with Gasteiger partial charge >= 0.3 is 0 Å². The van der Waals surface area contributed by atoms with Crippen molar-refractivity contribution in [1.82, 2.24) is 9.88 Å². The summed E-state index contributed by atoms with van der Waals surface area (Å²) >= 11 is 1.72. The van der Waals surface area contributed by atoms with Crippen molar-refractivity contribution in [1.29, 1.82) is 5.26 Å². The van der Waals surface area contributed by atoms with Crippen molar-refractivity contribution in [3.05, 3.63) is 11.6 Å². The minimum Gasteiger partial charge on any atom is -0.346 e. The molecule has 1 aliphatic heterocycles. The molecule has 0 N–H and O–H groups in total. The monoisotopic (exact) mass is 276 g/mol. The highest BCUT2D eigenvalue weighted by atomic mass is 32.1. The number of nitriles is 1. The van der Waals surface area contributed by atoms with Gasteiger partial charge in [0.25, 0.3) is 0 Å². The summed E-state index contributed by atoms with van der Waals surface area (Å²) in [5, 5.41) is 12.5. The molecule has 1 aliphatic carbocycles. The van der Waals surface area contributed by atoms with Crippen LogP contribution in [0, 0.1) is 17.2 Å². The van der Waals surface area contributed by atoms with Crippen LogP contribution in [0.3, 0.4) is 0 Å². The second-order valence-electron chi connectivity index (χ2n) is 5.43. The molecule has 0 aromatic carbocycles. The molecule has 0 spiro atoms. The Hall–Kier alpha value is -1.12. The largest absolute Gasteiger partial charge is 0.346 e. The van der Waals surface area contributed by atoms with Crippen LogP contribution in [0.2, 0.25) is 0 Å². The third kappa shape index (κ3) is 2.75. The minimum absolute atomic E-state index is 0.250. The van der Waals surface area contributed by atoms with Gasteiger partial charge in [0.05, 0.1) is 12.0 Å². The molecule has 19 heavy (non-hydrogen) atoms. The van der Waals surface area contributed by atoms with Crippen LogP contribution in [0.5, 0.6) is 0 Å². The first-order valence-electron chi connectivity index (χ1n) is 7.16. The molecule has 2 unspecified atom stereocenters. The van der Waals surface area contributed by atoms with Gasteiger partial charge in [-0.15, -0.1) is 11.3 Å². The highest BCUT2D eigenvalue weighted by Crippen LogP contribution is 2.29. The van der Waals surface area contributed by atoms with E-state index >= 15 is 0 Å². The summed E-state index contributed by atoms with van der Waals surface area (Å²) in [4.78, 5) is 9.29. The van der Waals surface area contributed by atoms with E-state index in [9.17, 15) is 5.26 Å². The van der Waals surface area contributed by atoms with Gasteiger partial charge in [-0.3, -0.25) is 4.90 Å². The molecule has 0 radical (unpaired) electrons. The maximum absolute atomic E-state index is 9.30. The maximum Gasteiger partial charge on any atom is 0.185 e. The standard InChI is InChI=1S/C14H20N4S/c15-11-12-3-1-2-4-13(12)17-6-8-18(9-7-17)14-16-5-10-19-14/h5,10,12-13H,1-4,6-9H2. The van der Waals surface area contributed by atoms with Gasteiger partial charge in [0.1, 0.15) is 0 Å². The molecular formula is C14H20N4S. The average molecular weight is 276 g/mol. The topological polar surface area (TPSA) is 43.2 Å². The Labute approximate surface area is 118 Å². The normalized spacial score (nSPS) is 29.1. The number of hydrogen-bond acceptors (Lipinski definition) is 5. The van der Waals surface area contributed by atoms with Crippen LogP contribution in [-0.2, 0) is 0 Å². The van der Waals surface area contributed by atoms with Crippen LogP contribution in [-0.4, -0.2) is 42.1 Å². The predicted octanol–water partition coefficient (Wildman–Crippen LogP) is 2.35. The first kappa shape index (κ1) is 12.9. The van der Waals surface area contributed by atoms with Gasteiger partial charge in [-0.05, 0) is 12.8 Å². The molecule has 102 valence electrons. The smallest absolute Gasteiger partial charge is 0.185 e. The fourth-order valence-electron chi connectivity index (χ4n) is 3.32. The Balaban J connectivity index is 1.59. The summed E-state index contributed by atoms with van der Waals surface area (Å²) < 4.78 is 0. The lowest BCUT2D eigenvalue weighted by Crippen LogP contribution is -2.53. The Morgan fingerprint density at radius 2 is 2.00 bits per heavy atom. The van der Waals surface area contributed by atoms with E-state index in [1.807, 2.05) is 11.6 Å². The number of rotatable bonds is 2.